The van der Waals surface area contributed by atoms with Crippen LogP contribution in [0.25, 0.3) is 22.0 Å². The highest BCUT2D eigenvalue weighted by Gasteiger charge is 2.32. The zero-order chi connectivity index (χ0) is 20.0. The van der Waals surface area contributed by atoms with Gasteiger partial charge in [0, 0.05) is 29.6 Å². The smallest absolute Gasteiger partial charge is 0.258 e. The fourth-order valence-corrected chi connectivity index (χ4v) is 3.70. The molecule has 4 rings (SSSR count). The Bertz CT molecular complexity index is 1090. The Labute approximate surface area is 160 Å². The van der Waals surface area contributed by atoms with Crippen molar-refractivity contribution in [2.45, 2.75) is 19.9 Å². The van der Waals surface area contributed by atoms with Crippen molar-refractivity contribution >= 4 is 22.5 Å². The minimum Gasteiger partial charge on any atom is -0.497 e. The molecule has 1 aliphatic heterocycles. The number of anilines is 1. The molecule has 0 fully saturated rings. The standard InChI is InChI=1S/C21H19F2N3O2/c1-3-7-26-10-16-18(21(26)27)19(24)13-6-4-5-12(20(13)25-16)17-14(22)8-11(28-2)9-15(17)23/h4-6,8-9H,3,7,10H2,1-2H3,(H2,24,25). The SMILES string of the molecule is CCCN1Cc2nc3c(-c4c(F)cc(OC)cc4F)cccc3c(N)c2C1=O. The number of ether oxygens (including phenoxy) is 1. The van der Waals surface area contributed by atoms with Crippen molar-refractivity contribution in [3.63, 3.8) is 0 Å². The van der Waals surface area contributed by atoms with Crippen molar-refractivity contribution in [3.8, 4) is 16.9 Å². The molecule has 7 heteroatoms. The Morgan fingerprint density at radius 2 is 1.93 bits per heavy atom. The summed E-state index contributed by atoms with van der Waals surface area (Å²) in [7, 11) is 1.34. The van der Waals surface area contributed by atoms with Crippen LogP contribution < -0.4 is 10.5 Å². The van der Waals surface area contributed by atoms with Crippen molar-refractivity contribution in [1.29, 1.82) is 0 Å². The van der Waals surface area contributed by atoms with Crippen molar-refractivity contribution in [2.24, 2.45) is 0 Å². The van der Waals surface area contributed by atoms with Crippen LogP contribution in [0.3, 0.4) is 0 Å². The maximum absolute atomic E-state index is 14.7. The maximum Gasteiger partial charge on any atom is 0.258 e. The number of para-hydroxylation sites is 1. The van der Waals surface area contributed by atoms with Crippen LogP contribution in [0.15, 0.2) is 30.3 Å². The summed E-state index contributed by atoms with van der Waals surface area (Å²) >= 11 is 0. The molecule has 0 saturated carbocycles. The molecule has 0 radical (unpaired) electrons. The molecule has 0 atom stereocenters. The summed E-state index contributed by atoms with van der Waals surface area (Å²) < 4.78 is 34.3. The Morgan fingerprint density at radius 3 is 2.57 bits per heavy atom. The Hall–Kier alpha value is -3.22. The predicted octanol–water partition coefficient (Wildman–Crippen LogP) is 4.14. The highest BCUT2D eigenvalue weighted by Crippen LogP contribution is 2.38. The highest BCUT2D eigenvalue weighted by atomic mass is 19.1. The number of halogens is 2. The van der Waals surface area contributed by atoms with E-state index in [-0.39, 0.29) is 22.8 Å². The van der Waals surface area contributed by atoms with Gasteiger partial charge < -0.3 is 15.4 Å². The first kappa shape index (κ1) is 18.2. The molecular weight excluding hydrogens is 364 g/mol. The molecule has 0 bridgehead atoms. The van der Waals surface area contributed by atoms with Crippen LogP contribution in [-0.2, 0) is 6.54 Å². The summed E-state index contributed by atoms with van der Waals surface area (Å²) in [5.41, 5.74) is 7.95. The lowest BCUT2D eigenvalue weighted by atomic mass is 9.98. The van der Waals surface area contributed by atoms with Crippen molar-refractivity contribution < 1.29 is 18.3 Å². The van der Waals surface area contributed by atoms with Crippen LogP contribution in [0.1, 0.15) is 29.4 Å². The van der Waals surface area contributed by atoms with Crippen molar-refractivity contribution in [2.75, 3.05) is 19.4 Å². The fourth-order valence-electron chi connectivity index (χ4n) is 3.70. The second-order valence-electron chi connectivity index (χ2n) is 6.74. The number of benzene rings is 2. The van der Waals surface area contributed by atoms with Gasteiger partial charge in [-0.25, -0.2) is 13.8 Å². The van der Waals surface area contributed by atoms with Gasteiger partial charge in [0.05, 0.1) is 41.7 Å². The summed E-state index contributed by atoms with van der Waals surface area (Å²) in [6, 6.07) is 7.20. The lowest BCUT2D eigenvalue weighted by molar-refractivity contribution is 0.0779. The number of nitrogen functional groups attached to an aromatic ring is 1. The summed E-state index contributed by atoms with van der Waals surface area (Å²) in [5, 5.41) is 0.498. The summed E-state index contributed by atoms with van der Waals surface area (Å²) in [4.78, 5) is 18.9. The van der Waals surface area contributed by atoms with Crippen LogP contribution in [0.4, 0.5) is 14.5 Å². The molecule has 0 spiro atoms. The van der Waals surface area contributed by atoms with Gasteiger partial charge >= 0.3 is 0 Å². The van der Waals surface area contributed by atoms with Crippen LogP contribution in [-0.4, -0.2) is 29.4 Å². The van der Waals surface area contributed by atoms with Crippen LogP contribution in [0.2, 0.25) is 0 Å². The quantitative estimate of drug-likeness (QED) is 0.735. The highest BCUT2D eigenvalue weighted by molar-refractivity contribution is 6.11. The molecule has 3 aromatic rings. The average molecular weight is 383 g/mol. The van der Waals surface area contributed by atoms with Crippen molar-refractivity contribution in [1.82, 2.24) is 9.88 Å². The lowest BCUT2D eigenvalue weighted by Crippen LogP contribution is -2.24. The second-order valence-corrected chi connectivity index (χ2v) is 6.74. The van der Waals surface area contributed by atoms with E-state index in [2.05, 4.69) is 4.98 Å². The first-order valence-electron chi connectivity index (χ1n) is 9.00. The predicted molar refractivity (Wildman–Crippen MR) is 103 cm³/mol. The number of amides is 1. The number of hydrogen-bond donors (Lipinski definition) is 1. The van der Waals surface area contributed by atoms with Gasteiger partial charge in [0.25, 0.3) is 5.91 Å². The molecule has 1 amide bonds. The number of nitrogens with zero attached hydrogens (tertiary/aromatic N) is 2. The number of aromatic nitrogens is 1. The Kier molecular flexibility index (Phi) is 4.37. The first-order valence-corrected chi connectivity index (χ1v) is 9.00. The van der Waals surface area contributed by atoms with Crippen molar-refractivity contribution in [3.05, 3.63) is 53.2 Å². The molecule has 2 heterocycles. The molecular formula is C21H19F2N3O2. The molecule has 2 N–H and O–H groups in total. The van der Waals surface area contributed by atoms with Crippen LogP contribution in [0, 0.1) is 11.6 Å². The van der Waals surface area contributed by atoms with E-state index in [1.165, 1.54) is 7.11 Å². The molecule has 5 nitrogen and oxygen atoms in total. The van der Waals surface area contributed by atoms with Gasteiger partial charge in [0.1, 0.15) is 17.4 Å². The number of hydrogen-bond acceptors (Lipinski definition) is 4. The van der Waals surface area contributed by atoms with Gasteiger partial charge in [0.2, 0.25) is 0 Å². The van der Waals surface area contributed by atoms with Gasteiger partial charge in [-0.15, -0.1) is 0 Å². The van der Waals surface area contributed by atoms with E-state index in [1.54, 1.807) is 23.1 Å². The molecule has 0 saturated heterocycles. The van der Waals surface area contributed by atoms with E-state index < -0.39 is 11.6 Å². The summed E-state index contributed by atoms with van der Waals surface area (Å²) in [6.07, 6.45) is 0.812. The number of nitrogens with two attached hydrogens (primary N) is 1. The van der Waals surface area contributed by atoms with Crippen LogP contribution >= 0.6 is 0 Å². The minimum atomic E-state index is -0.756. The summed E-state index contributed by atoms with van der Waals surface area (Å²) in [6.45, 7) is 2.92. The van der Waals surface area contributed by atoms with E-state index in [0.29, 0.717) is 40.9 Å². The number of pyridine rings is 1. The first-order chi connectivity index (χ1) is 13.5. The molecule has 1 aromatic heterocycles. The lowest BCUT2D eigenvalue weighted by Gasteiger charge is -2.13. The Balaban J connectivity index is 1.96. The number of rotatable bonds is 4. The largest absolute Gasteiger partial charge is 0.497 e. The molecule has 1 aliphatic rings. The Morgan fingerprint density at radius 1 is 1.21 bits per heavy atom. The molecule has 0 aliphatic carbocycles. The van der Waals surface area contributed by atoms with Gasteiger partial charge in [0.15, 0.2) is 0 Å². The van der Waals surface area contributed by atoms with Gasteiger partial charge in [-0.2, -0.15) is 0 Å². The van der Waals surface area contributed by atoms with Gasteiger partial charge in [-0.05, 0) is 6.42 Å². The zero-order valence-electron chi connectivity index (χ0n) is 15.6. The number of carbonyl (C=O) groups is 1. The third-order valence-electron chi connectivity index (χ3n) is 4.99. The van der Waals surface area contributed by atoms with E-state index in [0.717, 1.165) is 18.6 Å². The van der Waals surface area contributed by atoms with E-state index in [9.17, 15) is 13.6 Å². The van der Waals surface area contributed by atoms with E-state index in [1.807, 2.05) is 6.92 Å². The van der Waals surface area contributed by atoms with Crippen LogP contribution in [0.5, 0.6) is 5.75 Å². The molecule has 28 heavy (non-hydrogen) atoms. The number of methoxy groups -OCH3 is 1. The normalized spacial score (nSPS) is 13.3. The third kappa shape index (κ3) is 2.66. The number of carbonyl (C=O) groups excluding carboxylic acids is 1. The minimum absolute atomic E-state index is 0.0909. The molecule has 0 unspecified atom stereocenters. The summed E-state index contributed by atoms with van der Waals surface area (Å²) in [5.74, 6) is -1.58. The van der Waals surface area contributed by atoms with Gasteiger partial charge in [-0.1, -0.05) is 25.1 Å². The number of fused-ring (bicyclic) bond motifs is 2. The second kappa shape index (κ2) is 6.74. The topological polar surface area (TPSA) is 68.5 Å². The van der Waals surface area contributed by atoms with E-state index >= 15 is 0 Å². The zero-order valence-corrected chi connectivity index (χ0v) is 15.6. The fraction of sp³-hybridized carbons (Fsp3) is 0.238. The average Bonchev–Trinajstić information content (AvgIpc) is 2.98. The molecule has 2 aromatic carbocycles. The monoisotopic (exact) mass is 383 g/mol. The van der Waals surface area contributed by atoms with E-state index in [4.69, 9.17) is 10.5 Å². The third-order valence-corrected chi connectivity index (χ3v) is 4.99. The molecule has 144 valence electrons. The maximum atomic E-state index is 14.7. The van der Waals surface area contributed by atoms with Gasteiger partial charge in [-0.3, -0.25) is 4.79 Å².